The Kier molecular flexibility index (Phi) is 4.73. The minimum Gasteiger partial charge on any atom is -0.439 e. The molecule has 1 aliphatic heterocycles. The number of nitrogens with zero attached hydrogens (tertiary/aromatic N) is 1. The molecule has 1 aliphatic rings. The lowest BCUT2D eigenvalue weighted by molar-refractivity contribution is 0.00578. The molecule has 4 nitrogen and oxygen atoms in total. The number of hydrogen-bond donors (Lipinski definition) is 0. The number of ether oxygens (including phenoxy) is 1. The van der Waals surface area contributed by atoms with Gasteiger partial charge in [-0.15, -0.1) is 0 Å². The van der Waals surface area contributed by atoms with Crippen molar-refractivity contribution in [3.63, 3.8) is 0 Å². The van der Waals surface area contributed by atoms with Gasteiger partial charge in [-0.25, -0.2) is 4.98 Å². The summed E-state index contributed by atoms with van der Waals surface area (Å²) in [6.07, 6.45) is 1.71. The van der Waals surface area contributed by atoms with Crippen molar-refractivity contribution < 1.29 is 14.0 Å². The van der Waals surface area contributed by atoms with Crippen molar-refractivity contribution in [1.29, 1.82) is 0 Å². The van der Waals surface area contributed by atoms with E-state index in [-0.39, 0.29) is 0 Å². The van der Waals surface area contributed by atoms with Crippen molar-refractivity contribution >= 4 is 12.6 Å². The highest BCUT2D eigenvalue weighted by Gasteiger charge is 2.51. The average molecular weight is 373 g/mol. The molecule has 4 rings (SSSR count). The standard InChI is InChI=1S/C23H24BNO3/c1-22(2)23(3,4)28-24(27-22)19-14-18(17-10-6-5-7-11-17)15-20(16-19)26-21-12-8-9-13-25-21/h5-16H,1-4H3. The Morgan fingerprint density at radius 1 is 0.786 bits per heavy atom. The highest BCUT2D eigenvalue weighted by molar-refractivity contribution is 6.62. The van der Waals surface area contributed by atoms with Crippen LogP contribution in [0.1, 0.15) is 27.7 Å². The molecule has 0 spiro atoms. The largest absolute Gasteiger partial charge is 0.494 e. The quantitative estimate of drug-likeness (QED) is 0.614. The van der Waals surface area contributed by atoms with Crippen molar-refractivity contribution in [2.24, 2.45) is 0 Å². The first-order chi connectivity index (χ1) is 13.3. The van der Waals surface area contributed by atoms with Crippen LogP contribution in [0, 0.1) is 0 Å². The van der Waals surface area contributed by atoms with Gasteiger partial charge in [0.15, 0.2) is 0 Å². The third-order valence-electron chi connectivity index (χ3n) is 5.42. The SMILES string of the molecule is CC1(C)OB(c2cc(Oc3ccccn3)cc(-c3ccccc3)c2)OC1(C)C. The van der Waals surface area contributed by atoms with Crippen LogP contribution >= 0.6 is 0 Å². The van der Waals surface area contributed by atoms with Crippen LogP contribution < -0.4 is 10.2 Å². The molecule has 0 atom stereocenters. The highest BCUT2D eigenvalue weighted by atomic mass is 16.7. The number of aromatic nitrogens is 1. The van der Waals surface area contributed by atoms with Gasteiger partial charge in [-0.2, -0.15) is 0 Å². The van der Waals surface area contributed by atoms with Gasteiger partial charge in [0, 0.05) is 12.3 Å². The van der Waals surface area contributed by atoms with Gasteiger partial charge in [0.25, 0.3) is 0 Å². The number of rotatable bonds is 4. The van der Waals surface area contributed by atoms with Crippen LogP contribution in [0.4, 0.5) is 0 Å². The molecule has 3 aromatic rings. The fourth-order valence-electron chi connectivity index (χ4n) is 3.12. The van der Waals surface area contributed by atoms with E-state index in [2.05, 4.69) is 50.9 Å². The van der Waals surface area contributed by atoms with Gasteiger partial charge < -0.3 is 14.0 Å². The zero-order valence-electron chi connectivity index (χ0n) is 16.7. The summed E-state index contributed by atoms with van der Waals surface area (Å²) in [5.41, 5.74) is 2.27. The second-order valence-electron chi connectivity index (χ2n) is 8.02. The van der Waals surface area contributed by atoms with E-state index in [1.165, 1.54) is 0 Å². The van der Waals surface area contributed by atoms with E-state index in [0.29, 0.717) is 11.6 Å². The summed E-state index contributed by atoms with van der Waals surface area (Å²) in [7, 11) is -0.459. The summed E-state index contributed by atoms with van der Waals surface area (Å²) < 4.78 is 18.5. The first-order valence-corrected chi connectivity index (χ1v) is 9.49. The molecule has 0 bridgehead atoms. The van der Waals surface area contributed by atoms with Gasteiger partial charge in [0.2, 0.25) is 5.88 Å². The molecule has 5 heteroatoms. The summed E-state index contributed by atoms with van der Waals surface area (Å²) in [5.74, 6) is 1.25. The third-order valence-corrected chi connectivity index (χ3v) is 5.42. The molecular formula is C23H24BNO3. The Morgan fingerprint density at radius 2 is 1.46 bits per heavy atom. The van der Waals surface area contributed by atoms with E-state index >= 15 is 0 Å². The summed E-state index contributed by atoms with van der Waals surface area (Å²) in [6, 6.07) is 21.9. The molecule has 0 amide bonds. The predicted molar refractivity (Wildman–Crippen MR) is 112 cm³/mol. The van der Waals surface area contributed by atoms with Gasteiger partial charge in [-0.05, 0) is 62.5 Å². The minimum atomic E-state index is -0.459. The molecule has 28 heavy (non-hydrogen) atoms. The second-order valence-corrected chi connectivity index (χ2v) is 8.02. The smallest absolute Gasteiger partial charge is 0.439 e. The van der Waals surface area contributed by atoms with Gasteiger partial charge in [-0.1, -0.05) is 42.5 Å². The lowest BCUT2D eigenvalue weighted by Crippen LogP contribution is -2.41. The maximum atomic E-state index is 6.25. The molecule has 0 unspecified atom stereocenters. The zero-order chi connectivity index (χ0) is 19.8. The Labute approximate surface area is 166 Å². The molecule has 1 aromatic heterocycles. The van der Waals surface area contributed by atoms with Crippen LogP contribution in [0.5, 0.6) is 11.6 Å². The molecule has 142 valence electrons. The zero-order valence-corrected chi connectivity index (χ0v) is 16.7. The number of benzene rings is 2. The Balaban J connectivity index is 1.74. The van der Waals surface area contributed by atoms with Crippen LogP contribution in [0.3, 0.4) is 0 Å². The van der Waals surface area contributed by atoms with Crippen molar-refractivity contribution in [3.8, 4) is 22.8 Å². The second kappa shape index (κ2) is 7.08. The van der Waals surface area contributed by atoms with E-state index in [4.69, 9.17) is 14.0 Å². The van der Waals surface area contributed by atoms with Gasteiger partial charge in [-0.3, -0.25) is 0 Å². The maximum absolute atomic E-state index is 6.25. The first kappa shape index (κ1) is 18.7. The van der Waals surface area contributed by atoms with Gasteiger partial charge in [0.05, 0.1) is 11.2 Å². The molecule has 1 saturated heterocycles. The maximum Gasteiger partial charge on any atom is 0.494 e. The van der Waals surface area contributed by atoms with Crippen LogP contribution in [0.25, 0.3) is 11.1 Å². The summed E-state index contributed by atoms with van der Waals surface area (Å²) in [5, 5.41) is 0. The van der Waals surface area contributed by atoms with Crippen molar-refractivity contribution in [2.75, 3.05) is 0 Å². The van der Waals surface area contributed by atoms with Crippen LogP contribution in [-0.2, 0) is 9.31 Å². The molecule has 0 aliphatic carbocycles. The molecule has 1 fully saturated rings. The highest BCUT2D eigenvalue weighted by Crippen LogP contribution is 2.37. The predicted octanol–water partition coefficient (Wildman–Crippen LogP) is 4.84. The van der Waals surface area contributed by atoms with E-state index in [9.17, 15) is 0 Å². The normalized spacial score (nSPS) is 17.5. The fourth-order valence-corrected chi connectivity index (χ4v) is 3.12. The van der Waals surface area contributed by atoms with Crippen LogP contribution in [-0.4, -0.2) is 23.3 Å². The topological polar surface area (TPSA) is 40.6 Å². The Morgan fingerprint density at radius 3 is 2.11 bits per heavy atom. The summed E-state index contributed by atoms with van der Waals surface area (Å²) in [4.78, 5) is 4.27. The molecule has 0 saturated carbocycles. The van der Waals surface area contributed by atoms with E-state index in [1.54, 1.807) is 6.20 Å². The average Bonchev–Trinajstić information content (AvgIpc) is 2.90. The minimum absolute atomic E-state index is 0.400. The lowest BCUT2D eigenvalue weighted by Gasteiger charge is -2.32. The summed E-state index contributed by atoms with van der Waals surface area (Å²) >= 11 is 0. The van der Waals surface area contributed by atoms with Crippen LogP contribution in [0.15, 0.2) is 72.9 Å². The van der Waals surface area contributed by atoms with Crippen molar-refractivity contribution in [3.05, 3.63) is 72.9 Å². The monoisotopic (exact) mass is 373 g/mol. The molecule has 2 heterocycles. The third kappa shape index (κ3) is 3.68. The molecule has 0 radical (unpaired) electrons. The number of pyridine rings is 1. The van der Waals surface area contributed by atoms with Crippen molar-refractivity contribution in [2.45, 2.75) is 38.9 Å². The number of hydrogen-bond acceptors (Lipinski definition) is 4. The van der Waals surface area contributed by atoms with Gasteiger partial charge >= 0.3 is 7.12 Å². The first-order valence-electron chi connectivity index (χ1n) is 9.49. The Hall–Kier alpha value is -2.63. The van der Waals surface area contributed by atoms with Gasteiger partial charge in [0.1, 0.15) is 5.75 Å². The fraction of sp³-hybridized carbons (Fsp3) is 0.261. The van der Waals surface area contributed by atoms with E-state index in [0.717, 1.165) is 16.6 Å². The lowest BCUT2D eigenvalue weighted by atomic mass is 9.77. The molecule has 0 N–H and O–H groups in total. The molecular weight excluding hydrogens is 349 g/mol. The molecule has 2 aromatic carbocycles. The van der Waals surface area contributed by atoms with E-state index < -0.39 is 18.3 Å². The Bertz CT molecular complexity index is 942. The van der Waals surface area contributed by atoms with Crippen LogP contribution in [0.2, 0.25) is 0 Å². The van der Waals surface area contributed by atoms with Crippen molar-refractivity contribution in [1.82, 2.24) is 4.98 Å². The summed E-state index contributed by atoms with van der Waals surface area (Å²) in [6.45, 7) is 8.22. The van der Waals surface area contributed by atoms with E-state index in [1.807, 2.05) is 48.5 Å².